The first-order valence-electron chi connectivity index (χ1n) is 7.02. The summed E-state index contributed by atoms with van der Waals surface area (Å²) in [5.74, 6) is -0.501. The van der Waals surface area contributed by atoms with Crippen LogP contribution in [0.5, 0.6) is 0 Å². The fourth-order valence-electron chi connectivity index (χ4n) is 2.58. The van der Waals surface area contributed by atoms with Crippen molar-refractivity contribution in [3.05, 3.63) is 51.6 Å². The second-order valence-electron chi connectivity index (χ2n) is 4.98. The van der Waals surface area contributed by atoms with Gasteiger partial charge in [-0.15, -0.1) is 0 Å². The number of ether oxygens (including phenoxy) is 1. The zero-order chi connectivity index (χ0) is 16.6. The van der Waals surface area contributed by atoms with Crippen LogP contribution in [0.25, 0.3) is 0 Å². The molecule has 1 aromatic carbocycles. The number of esters is 1. The first-order chi connectivity index (χ1) is 11.0. The highest BCUT2D eigenvalue weighted by atomic mass is 79.9. The number of aromatic nitrogens is 3. The van der Waals surface area contributed by atoms with Crippen molar-refractivity contribution in [2.75, 3.05) is 11.9 Å². The predicted octanol–water partition coefficient (Wildman–Crippen LogP) is 3.03. The van der Waals surface area contributed by atoms with E-state index in [4.69, 9.17) is 4.74 Å². The largest absolute Gasteiger partial charge is 0.463 e. The molecule has 0 aliphatic carbocycles. The number of halogens is 2. The number of allylic oxidation sites excluding steroid dienone is 1. The smallest absolute Gasteiger partial charge is 0.338 e. The lowest BCUT2D eigenvalue weighted by molar-refractivity contribution is -0.139. The number of nitrogens with zero attached hydrogens (tertiary/aromatic N) is 3. The highest BCUT2D eigenvalue weighted by molar-refractivity contribution is 9.10. The van der Waals surface area contributed by atoms with Gasteiger partial charge >= 0.3 is 5.97 Å². The molecular weight excluding hydrogens is 367 g/mol. The Balaban J connectivity index is 2.20. The average Bonchev–Trinajstić information content (AvgIpc) is 2.96. The van der Waals surface area contributed by atoms with Crippen molar-refractivity contribution in [1.29, 1.82) is 0 Å². The number of anilines is 1. The van der Waals surface area contributed by atoms with Crippen LogP contribution in [0.2, 0.25) is 0 Å². The van der Waals surface area contributed by atoms with Gasteiger partial charge in [-0.25, -0.2) is 13.9 Å². The number of carbonyl (C=O) groups excluding carboxylic acids is 1. The number of fused-ring (bicyclic) bond motifs is 1. The molecule has 0 spiro atoms. The quantitative estimate of drug-likeness (QED) is 0.828. The van der Waals surface area contributed by atoms with E-state index in [1.54, 1.807) is 26.0 Å². The Morgan fingerprint density at radius 1 is 1.52 bits per heavy atom. The van der Waals surface area contributed by atoms with E-state index in [2.05, 4.69) is 31.3 Å². The SMILES string of the molecule is CCOC(=O)C1=C(C)Nc2ncnn2C1c1cc(Br)ccc1F. The van der Waals surface area contributed by atoms with E-state index in [1.165, 1.54) is 17.1 Å². The van der Waals surface area contributed by atoms with Crippen LogP contribution in [0, 0.1) is 5.82 Å². The molecule has 120 valence electrons. The Morgan fingerprint density at radius 2 is 2.30 bits per heavy atom. The monoisotopic (exact) mass is 380 g/mol. The van der Waals surface area contributed by atoms with Crippen molar-refractivity contribution in [1.82, 2.24) is 14.8 Å². The maximum atomic E-state index is 14.4. The summed E-state index contributed by atoms with van der Waals surface area (Å²) in [6.45, 7) is 3.68. The molecule has 1 aromatic heterocycles. The topological polar surface area (TPSA) is 69.0 Å². The fourth-order valence-corrected chi connectivity index (χ4v) is 2.95. The summed E-state index contributed by atoms with van der Waals surface area (Å²) < 4.78 is 21.7. The van der Waals surface area contributed by atoms with Crippen LogP contribution < -0.4 is 5.32 Å². The van der Waals surface area contributed by atoms with Crippen molar-refractivity contribution in [3.8, 4) is 0 Å². The van der Waals surface area contributed by atoms with E-state index in [1.807, 2.05) is 0 Å². The Labute approximate surface area is 140 Å². The van der Waals surface area contributed by atoms with Gasteiger partial charge in [0.15, 0.2) is 0 Å². The van der Waals surface area contributed by atoms with Crippen molar-refractivity contribution in [2.24, 2.45) is 0 Å². The molecule has 2 heterocycles. The lowest BCUT2D eigenvalue weighted by Crippen LogP contribution is -2.30. The minimum Gasteiger partial charge on any atom is -0.463 e. The Bertz CT molecular complexity index is 803. The summed E-state index contributed by atoms with van der Waals surface area (Å²) >= 11 is 3.34. The summed E-state index contributed by atoms with van der Waals surface area (Å²) in [6, 6.07) is 3.83. The van der Waals surface area contributed by atoms with Gasteiger partial charge in [0.25, 0.3) is 0 Å². The molecule has 0 fully saturated rings. The first-order valence-corrected chi connectivity index (χ1v) is 7.81. The van der Waals surface area contributed by atoms with E-state index in [9.17, 15) is 9.18 Å². The van der Waals surface area contributed by atoms with Crippen LogP contribution >= 0.6 is 15.9 Å². The van der Waals surface area contributed by atoms with Gasteiger partial charge in [-0.3, -0.25) is 0 Å². The number of hydrogen-bond acceptors (Lipinski definition) is 5. The molecule has 1 N–H and O–H groups in total. The second-order valence-corrected chi connectivity index (χ2v) is 5.90. The third-order valence-electron chi connectivity index (χ3n) is 3.54. The summed E-state index contributed by atoms with van der Waals surface area (Å²) in [6.07, 6.45) is 1.35. The Morgan fingerprint density at radius 3 is 3.04 bits per heavy atom. The molecule has 1 atom stereocenters. The molecule has 0 amide bonds. The molecule has 2 aromatic rings. The van der Waals surface area contributed by atoms with E-state index < -0.39 is 17.8 Å². The molecule has 23 heavy (non-hydrogen) atoms. The molecule has 1 aliphatic rings. The van der Waals surface area contributed by atoms with Crippen LogP contribution in [-0.4, -0.2) is 27.3 Å². The van der Waals surface area contributed by atoms with Crippen LogP contribution in [-0.2, 0) is 9.53 Å². The minimum absolute atomic E-state index is 0.230. The van der Waals surface area contributed by atoms with Crippen molar-refractivity contribution >= 4 is 27.8 Å². The summed E-state index contributed by atoms with van der Waals surface area (Å²) in [7, 11) is 0. The molecule has 0 saturated heterocycles. The predicted molar refractivity (Wildman–Crippen MR) is 85.2 cm³/mol. The van der Waals surface area contributed by atoms with Gasteiger partial charge in [0.2, 0.25) is 5.95 Å². The van der Waals surface area contributed by atoms with Crippen LogP contribution in [0.1, 0.15) is 25.5 Å². The van der Waals surface area contributed by atoms with Gasteiger partial charge in [-0.05, 0) is 32.0 Å². The van der Waals surface area contributed by atoms with Crippen molar-refractivity contribution in [3.63, 3.8) is 0 Å². The molecule has 3 rings (SSSR count). The minimum atomic E-state index is -0.745. The normalized spacial score (nSPS) is 16.8. The number of hydrogen-bond donors (Lipinski definition) is 1. The number of carbonyl (C=O) groups is 1. The zero-order valence-electron chi connectivity index (χ0n) is 12.5. The molecule has 8 heteroatoms. The van der Waals surface area contributed by atoms with E-state index in [0.29, 0.717) is 27.3 Å². The summed E-state index contributed by atoms with van der Waals surface area (Å²) in [5, 5.41) is 7.13. The molecule has 6 nitrogen and oxygen atoms in total. The highest BCUT2D eigenvalue weighted by Gasteiger charge is 2.35. The molecule has 0 saturated carbocycles. The average molecular weight is 381 g/mol. The third-order valence-corrected chi connectivity index (χ3v) is 4.04. The van der Waals surface area contributed by atoms with Crippen LogP contribution in [0.15, 0.2) is 40.3 Å². The molecule has 0 radical (unpaired) electrons. The van der Waals surface area contributed by atoms with Gasteiger partial charge < -0.3 is 10.1 Å². The van der Waals surface area contributed by atoms with Crippen LogP contribution in [0.4, 0.5) is 10.3 Å². The van der Waals surface area contributed by atoms with Gasteiger partial charge in [0.1, 0.15) is 18.2 Å². The van der Waals surface area contributed by atoms with Gasteiger partial charge in [-0.1, -0.05) is 15.9 Å². The maximum Gasteiger partial charge on any atom is 0.338 e. The van der Waals surface area contributed by atoms with E-state index in [-0.39, 0.29) is 6.61 Å². The van der Waals surface area contributed by atoms with Gasteiger partial charge in [0.05, 0.1) is 12.2 Å². The second kappa shape index (κ2) is 6.11. The van der Waals surface area contributed by atoms with Gasteiger partial charge in [-0.2, -0.15) is 10.1 Å². The Hall–Kier alpha value is -2.22. The van der Waals surface area contributed by atoms with Crippen molar-refractivity contribution in [2.45, 2.75) is 19.9 Å². The zero-order valence-corrected chi connectivity index (χ0v) is 14.1. The lowest BCUT2D eigenvalue weighted by Gasteiger charge is -2.28. The molecule has 0 bridgehead atoms. The van der Waals surface area contributed by atoms with Crippen molar-refractivity contribution < 1.29 is 13.9 Å². The number of benzene rings is 1. The summed E-state index contributed by atoms with van der Waals surface area (Å²) in [4.78, 5) is 16.5. The fraction of sp³-hybridized carbons (Fsp3) is 0.267. The van der Waals surface area contributed by atoms with Gasteiger partial charge in [0, 0.05) is 15.7 Å². The molecular formula is C15H14BrFN4O2. The Kier molecular flexibility index (Phi) is 4.16. The third kappa shape index (κ3) is 2.74. The van der Waals surface area contributed by atoms with E-state index in [0.717, 1.165) is 0 Å². The maximum absolute atomic E-state index is 14.4. The first kappa shape index (κ1) is 15.7. The molecule has 1 aliphatic heterocycles. The lowest BCUT2D eigenvalue weighted by atomic mass is 9.95. The molecule has 1 unspecified atom stereocenters. The van der Waals surface area contributed by atoms with E-state index >= 15 is 0 Å². The number of rotatable bonds is 3. The summed E-state index contributed by atoms with van der Waals surface area (Å²) in [5.41, 5.74) is 1.19. The number of nitrogens with one attached hydrogen (secondary N) is 1. The van der Waals surface area contributed by atoms with Crippen LogP contribution in [0.3, 0.4) is 0 Å². The standard InChI is InChI=1S/C15H14BrFN4O2/c1-3-23-14(22)12-8(2)20-15-18-7-19-21(15)13(12)10-6-9(16)4-5-11(10)17/h4-7,13H,3H2,1-2H3,(H,18,19,20). The highest BCUT2D eigenvalue weighted by Crippen LogP contribution is 2.37.